The summed E-state index contributed by atoms with van der Waals surface area (Å²) in [6.07, 6.45) is 0.661. The molecule has 2 rings (SSSR count). The first-order valence-electron chi connectivity index (χ1n) is 7.27. The molecule has 5 nitrogen and oxygen atoms in total. The summed E-state index contributed by atoms with van der Waals surface area (Å²) in [5, 5.41) is 9.29. The highest BCUT2D eigenvalue weighted by Crippen LogP contribution is 2.29. The zero-order valence-electron chi connectivity index (χ0n) is 12.5. The minimum Gasteiger partial charge on any atom is -0.481 e. The van der Waals surface area contributed by atoms with E-state index in [-0.39, 0.29) is 24.5 Å². The molecule has 0 aliphatic carbocycles. The summed E-state index contributed by atoms with van der Waals surface area (Å²) in [5.41, 5.74) is 2.22. The summed E-state index contributed by atoms with van der Waals surface area (Å²) in [6.45, 7) is 2.82. The Morgan fingerprint density at radius 1 is 1.45 bits per heavy atom. The van der Waals surface area contributed by atoms with Gasteiger partial charge in [0.25, 0.3) is 0 Å². The normalized spacial score (nSPS) is 19.5. The third-order valence-electron chi connectivity index (χ3n) is 3.93. The first-order chi connectivity index (χ1) is 10.3. The van der Waals surface area contributed by atoms with Crippen molar-refractivity contribution in [1.82, 2.24) is 4.31 Å². The second kappa shape index (κ2) is 6.98. The molecule has 1 aliphatic heterocycles. The monoisotopic (exact) mass is 345 g/mol. The summed E-state index contributed by atoms with van der Waals surface area (Å²) >= 11 is 6.03. The van der Waals surface area contributed by atoms with Gasteiger partial charge in [0.2, 0.25) is 10.0 Å². The Hall–Kier alpha value is -1.11. The van der Waals surface area contributed by atoms with Gasteiger partial charge in [0, 0.05) is 24.5 Å². The predicted octanol–water partition coefficient (Wildman–Crippen LogP) is 2.50. The van der Waals surface area contributed by atoms with E-state index in [9.17, 15) is 13.2 Å². The number of rotatable bonds is 5. The van der Waals surface area contributed by atoms with Crippen molar-refractivity contribution in [2.45, 2.75) is 32.1 Å². The van der Waals surface area contributed by atoms with Gasteiger partial charge in [0.1, 0.15) is 0 Å². The molecule has 0 fully saturated rings. The average Bonchev–Trinajstić information content (AvgIpc) is 2.58. The molecule has 1 N–H and O–H groups in total. The van der Waals surface area contributed by atoms with Crippen molar-refractivity contribution in [3.8, 4) is 0 Å². The molecule has 0 aromatic heterocycles. The van der Waals surface area contributed by atoms with Crippen LogP contribution in [0.1, 0.15) is 36.8 Å². The summed E-state index contributed by atoms with van der Waals surface area (Å²) in [5.74, 6) is -1.03. The van der Waals surface area contributed by atoms with Crippen LogP contribution < -0.4 is 0 Å². The molecular weight excluding hydrogens is 326 g/mol. The van der Waals surface area contributed by atoms with E-state index in [0.29, 0.717) is 24.5 Å². The summed E-state index contributed by atoms with van der Waals surface area (Å²) in [6, 6.07) is 5.68. The van der Waals surface area contributed by atoms with Gasteiger partial charge in [-0.25, -0.2) is 12.7 Å². The number of hydrogen-bond donors (Lipinski definition) is 1. The van der Waals surface area contributed by atoms with E-state index in [2.05, 4.69) is 0 Å². The maximum Gasteiger partial charge on any atom is 0.303 e. The van der Waals surface area contributed by atoms with Gasteiger partial charge < -0.3 is 5.11 Å². The van der Waals surface area contributed by atoms with Crippen molar-refractivity contribution in [1.29, 1.82) is 0 Å². The number of hydrogen-bond acceptors (Lipinski definition) is 3. The van der Waals surface area contributed by atoms with Gasteiger partial charge in [-0.3, -0.25) is 4.79 Å². The molecule has 1 heterocycles. The molecule has 1 aromatic carbocycles. The van der Waals surface area contributed by atoms with Crippen LogP contribution >= 0.6 is 11.6 Å². The Balaban J connectivity index is 2.11. The van der Waals surface area contributed by atoms with Gasteiger partial charge in [-0.1, -0.05) is 24.6 Å². The maximum atomic E-state index is 12.4. The standard InChI is InChI=1S/C15H20ClNO4S/c1-11-10-17(22(20,21)8-2-3-15(18)19)7-6-12-4-5-13(16)9-14(11)12/h4-5,9,11H,2-3,6-8,10H2,1H3,(H,18,19). The maximum absolute atomic E-state index is 12.4. The molecule has 0 spiro atoms. The lowest BCUT2D eigenvalue weighted by Gasteiger charge is -2.22. The number of carboxylic acids is 1. The molecule has 0 radical (unpaired) electrons. The summed E-state index contributed by atoms with van der Waals surface area (Å²) in [4.78, 5) is 10.5. The van der Waals surface area contributed by atoms with Crippen molar-refractivity contribution in [2.24, 2.45) is 0 Å². The second-order valence-corrected chi connectivity index (χ2v) is 8.19. The lowest BCUT2D eigenvalue weighted by atomic mass is 9.96. The molecule has 1 aliphatic rings. The fourth-order valence-electron chi connectivity index (χ4n) is 2.78. The van der Waals surface area contributed by atoms with Crippen LogP contribution in [0.3, 0.4) is 0 Å². The Bertz CT molecular complexity index is 660. The average molecular weight is 346 g/mol. The van der Waals surface area contributed by atoms with Crippen LogP contribution in [0, 0.1) is 0 Å². The molecule has 0 amide bonds. The minimum absolute atomic E-state index is 0.0606. The lowest BCUT2D eigenvalue weighted by Crippen LogP contribution is -2.36. The fraction of sp³-hybridized carbons (Fsp3) is 0.533. The van der Waals surface area contributed by atoms with E-state index < -0.39 is 16.0 Å². The van der Waals surface area contributed by atoms with Crippen LogP contribution in [-0.4, -0.2) is 42.6 Å². The van der Waals surface area contributed by atoms with Crippen molar-refractivity contribution in [2.75, 3.05) is 18.8 Å². The van der Waals surface area contributed by atoms with E-state index in [1.165, 1.54) is 4.31 Å². The van der Waals surface area contributed by atoms with E-state index in [0.717, 1.165) is 11.1 Å². The Kier molecular flexibility index (Phi) is 5.47. The molecule has 122 valence electrons. The number of nitrogens with zero attached hydrogens (tertiary/aromatic N) is 1. The number of carboxylic acid groups (broad SMARTS) is 1. The Morgan fingerprint density at radius 3 is 2.86 bits per heavy atom. The topological polar surface area (TPSA) is 74.7 Å². The van der Waals surface area contributed by atoms with Crippen LogP contribution in [-0.2, 0) is 21.2 Å². The number of halogens is 1. The van der Waals surface area contributed by atoms with Crippen LogP contribution in [0.4, 0.5) is 0 Å². The van der Waals surface area contributed by atoms with Gasteiger partial charge in [0.05, 0.1) is 5.75 Å². The third kappa shape index (κ3) is 4.21. The van der Waals surface area contributed by atoms with E-state index >= 15 is 0 Å². The number of sulfonamides is 1. The van der Waals surface area contributed by atoms with Crippen LogP contribution in [0.15, 0.2) is 18.2 Å². The van der Waals surface area contributed by atoms with Gasteiger partial charge in [0.15, 0.2) is 0 Å². The molecule has 1 unspecified atom stereocenters. The number of aliphatic carboxylic acids is 1. The van der Waals surface area contributed by atoms with Crippen molar-refractivity contribution in [3.05, 3.63) is 34.3 Å². The third-order valence-corrected chi connectivity index (χ3v) is 6.09. The first-order valence-corrected chi connectivity index (χ1v) is 9.26. The van der Waals surface area contributed by atoms with E-state index in [4.69, 9.17) is 16.7 Å². The fourth-order valence-corrected chi connectivity index (χ4v) is 4.55. The van der Waals surface area contributed by atoms with Gasteiger partial charge in [-0.15, -0.1) is 0 Å². The highest BCUT2D eigenvalue weighted by Gasteiger charge is 2.28. The molecule has 1 aromatic rings. The van der Waals surface area contributed by atoms with Gasteiger partial charge in [-0.05, 0) is 42.0 Å². The predicted molar refractivity (Wildman–Crippen MR) is 85.8 cm³/mol. The molecule has 1 atom stereocenters. The number of carbonyl (C=O) groups is 1. The highest BCUT2D eigenvalue weighted by atomic mass is 35.5. The summed E-state index contributed by atoms with van der Waals surface area (Å²) < 4.78 is 26.3. The smallest absolute Gasteiger partial charge is 0.303 e. The summed E-state index contributed by atoms with van der Waals surface area (Å²) in [7, 11) is -3.43. The van der Waals surface area contributed by atoms with Crippen LogP contribution in [0.25, 0.3) is 0 Å². The number of benzene rings is 1. The molecule has 0 bridgehead atoms. The lowest BCUT2D eigenvalue weighted by molar-refractivity contribution is -0.137. The molecular formula is C15H20ClNO4S. The highest BCUT2D eigenvalue weighted by molar-refractivity contribution is 7.89. The van der Waals surface area contributed by atoms with Gasteiger partial charge >= 0.3 is 5.97 Å². The zero-order valence-corrected chi connectivity index (χ0v) is 14.0. The van der Waals surface area contributed by atoms with Crippen molar-refractivity contribution in [3.63, 3.8) is 0 Å². The Labute approximate surface area is 135 Å². The van der Waals surface area contributed by atoms with Crippen LogP contribution in [0.2, 0.25) is 5.02 Å². The van der Waals surface area contributed by atoms with Gasteiger partial charge in [-0.2, -0.15) is 0 Å². The zero-order chi connectivity index (χ0) is 16.3. The van der Waals surface area contributed by atoms with Crippen molar-refractivity contribution < 1.29 is 18.3 Å². The second-order valence-electron chi connectivity index (χ2n) is 5.67. The SMILES string of the molecule is CC1CN(S(=O)(=O)CCCC(=O)O)CCc2ccc(Cl)cc21. The molecule has 22 heavy (non-hydrogen) atoms. The molecule has 7 heteroatoms. The van der Waals surface area contributed by atoms with Crippen LogP contribution in [0.5, 0.6) is 0 Å². The molecule has 0 saturated carbocycles. The van der Waals surface area contributed by atoms with E-state index in [1.807, 2.05) is 25.1 Å². The number of fused-ring (bicyclic) bond motifs is 1. The molecule has 0 saturated heterocycles. The van der Waals surface area contributed by atoms with E-state index in [1.54, 1.807) is 0 Å². The largest absolute Gasteiger partial charge is 0.481 e. The van der Waals surface area contributed by atoms with Crippen molar-refractivity contribution >= 4 is 27.6 Å². The first kappa shape index (κ1) is 17.2. The Morgan fingerprint density at radius 2 is 2.18 bits per heavy atom. The minimum atomic E-state index is -3.43. The quantitative estimate of drug-likeness (QED) is 0.889.